The van der Waals surface area contributed by atoms with Gasteiger partial charge >= 0.3 is 5.97 Å². The SMILES string of the molecule is CCOC(=O)Cc1csc(NC(=O)Cc2csc(-c3cccs3)n2)n1. The Kier molecular flexibility index (Phi) is 5.90. The molecule has 3 aromatic rings. The Bertz CT molecular complexity index is 855. The van der Waals surface area contributed by atoms with E-state index in [0.717, 1.165) is 15.6 Å². The van der Waals surface area contributed by atoms with Crippen LogP contribution in [0.2, 0.25) is 0 Å². The first-order valence-electron chi connectivity index (χ1n) is 7.52. The van der Waals surface area contributed by atoms with E-state index >= 15 is 0 Å². The first-order chi connectivity index (χ1) is 12.1. The molecule has 0 saturated heterocycles. The van der Waals surface area contributed by atoms with E-state index in [0.29, 0.717) is 17.4 Å². The zero-order valence-electron chi connectivity index (χ0n) is 13.4. The van der Waals surface area contributed by atoms with Gasteiger partial charge < -0.3 is 10.1 Å². The molecule has 0 bridgehead atoms. The third kappa shape index (κ3) is 4.94. The number of thiophene rings is 1. The van der Waals surface area contributed by atoms with Gasteiger partial charge in [0.15, 0.2) is 5.13 Å². The highest BCUT2D eigenvalue weighted by atomic mass is 32.1. The Hall–Kier alpha value is -2.10. The van der Waals surface area contributed by atoms with Gasteiger partial charge in [-0.1, -0.05) is 6.07 Å². The third-order valence-electron chi connectivity index (χ3n) is 3.05. The summed E-state index contributed by atoms with van der Waals surface area (Å²) in [6.07, 6.45) is 0.297. The van der Waals surface area contributed by atoms with E-state index in [9.17, 15) is 9.59 Å². The molecule has 0 aliphatic carbocycles. The van der Waals surface area contributed by atoms with Crippen LogP contribution in [0.15, 0.2) is 28.3 Å². The zero-order chi connectivity index (χ0) is 17.6. The van der Waals surface area contributed by atoms with Gasteiger partial charge in [0, 0.05) is 10.8 Å². The highest BCUT2D eigenvalue weighted by Crippen LogP contribution is 2.28. The first-order valence-corrected chi connectivity index (χ1v) is 10.2. The van der Waals surface area contributed by atoms with Crippen LogP contribution in [-0.4, -0.2) is 28.5 Å². The van der Waals surface area contributed by atoms with E-state index in [1.54, 1.807) is 23.6 Å². The van der Waals surface area contributed by atoms with Crippen molar-refractivity contribution < 1.29 is 14.3 Å². The number of esters is 1. The second kappa shape index (κ2) is 8.32. The molecule has 0 aromatic carbocycles. The number of carbonyl (C=O) groups excluding carboxylic acids is 2. The van der Waals surface area contributed by atoms with Crippen LogP contribution in [0.3, 0.4) is 0 Å². The van der Waals surface area contributed by atoms with E-state index in [-0.39, 0.29) is 24.7 Å². The predicted octanol–water partition coefficient (Wildman–Crippen LogP) is 3.61. The summed E-state index contributed by atoms with van der Waals surface area (Å²) >= 11 is 4.43. The summed E-state index contributed by atoms with van der Waals surface area (Å²) in [6.45, 7) is 2.10. The van der Waals surface area contributed by atoms with Crippen molar-refractivity contribution >= 4 is 51.0 Å². The summed E-state index contributed by atoms with van der Waals surface area (Å²) in [5.74, 6) is -0.505. The molecule has 0 atom stereocenters. The molecule has 0 saturated carbocycles. The van der Waals surface area contributed by atoms with Crippen LogP contribution in [-0.2, 0) is 27.2 Å². The van der Waals surface area contributed by atoms with Crippen molar-refractivity contribution in [2.45, 2.75) is 19.8 Å². The molecule has 6 nitrogen and oxygen atoms in total. The Labute approximate surface area is 156 Å². The van der Waals surface area contributed by atoms with Crippen LogP contribution in [0.5, 0.6) is 0 Å². The molecular formula is C16H15N3O3S3. The van der Waals surface area contributed by atoms with E-state index in [2.05, 4.69) is 15.3 Å². The normalized spacial score (nSPS) is 10.6. The standard InChI is InChI=1S/C16H15N3O3S3/c1-2-22-14(21)7-11-9-25-16(18-11)19-13(20)6-10-8-24-15(17-10)12-4-3-5-23-12/h3-5,8-9H,2,6-7H2,1H3,(H,18,19,20). The molecule has 0 fully saturated rings. The molecule has 0 unspecified atom stereocenters. The molecule has 9 heteroatoms. The minimum Gasteiger partial charge on any atom is -0.466 e. The largest absolute Gasteiger partial charge is 0.466 e. The molecule has 25 heavy (non-hydrogen) atoms. The van der Waals surface area contributed by atoms with Crippen LogP contribution in [0.1, 0.15) is 18.3 Å². The van der Waals surface area contributed by atoms with Gasteiger partial charge in [-0.15, -0.1) is 34.0 Å². The predicted molar refractivity (Wildman–Crippen MR) is 100 cm³/mol. The fourth-order valence-corrected chi connectivity index (χ4v) is 4.40. The molecule has 130 valence electrons. The molecule has 3 heterocycles. The number of nitrogens with one attached hydrogen (secondary N) is 1. The minimum absolute atomic E-state index is 0.108. The summed E-state index contributed by atoms with van der Waals surface area (Å²) in [5.41, 5.74) is 1.32. The van der Waals surface area contributed by atoms with Gasteiger partial charge in [0.25, 0.3) is 0 Å². The topological polar surface area (TPSA) is 81.2 Å². The van der Waals surface area contributed by atoms with Gasteiger partial charge in [0.2, 0.25) is 5.91 Å². The Morgan fingerprint density at radius 3 is 2.68 bits per heavy atom. The summed E-state index contributed by atoms with van der Waals surface area (Å²) in [7, 11) is 0. The van der Waals surface area contributed by atoms with Crippen molar-refractivity contribution in [1.82, 2.24) is 9.97 Å². The van der Waals surface area contributed by atoms with Crippen molar-refractivity contribution in [2.24, 2.45) is 0 Å². The average Bonchev–Trinajstić information content (AvgIpc) is 3.29. The van der Waals surface area contributed by atoms with E-state index in [1.165, 1.54) is 22.7 Å². The minimum atomic E-state index is -0.325. The van der Waals surface area contributed by atoms with Crippen molar-refractivity contribution in [3.05, 3.63) is 39.7 Å². The lowest BCUT2D eigenvalue weighted by Crippen LogP contribution is -2.14. The molecule has 3 rings (SSSR count). The smallest absolute Gasteiger partial charge is 0.311 e. The maximum atomic E-state index is 12.1. The number of anilines is 1. The number of hydrogen-bond donors (Lipinski definition) is 1. The van der Waals surface area contributed by atoms with Gasteiger partial charge in [-0.05, 0) is 18.4 Å². The third-order valence-corrected chi connectivity index (χ3v) is 5.79. The maximum Gasteiger partial charge on any atom is 0.311 e. The second-order valence-corrected chi connectivity index (χ2v) is 7.64. The van der Waals surface area contributed by atoms with E-state index in [1.807, 2.05) is 22.9 Å². The Morgan fingerprint density at radius 1 is 1.12 bits per heavy atom. The van der Waals surface area contributed by atoms with Crippen molar-refractivity contribution in [2.75, 3.05) is 11.9 Å². The number of aromatic nitrogens is 2. The highest BCUT2D eigenvalue weighted by Gasteiger charge is 2.13. The van der Waals surface area contributed by atoms with Gasteiger partial charge in [-0.3, -0.25) is 9.59 Å². The number of amides is 1. The lowest BCUT2D eigenvalue weighted by atomic mass is 10.3. The van der Waals surface area contributed by atoms with Gasteiger partial charge in [0.1, 0.15) is 5.01 Å². The fraction of sp³-hybridized carbons (Fsp3) is 0.250. The number of hydrogen-bond acceptors (Lipinski definition) is 8. The quantitative estimate of drug-likeness (QED) is 0.620. The first kappa shape index (κ1) is 17.7. The summed E-state index contributed by atoms with van der Waals surface area (Å²) in [4.78, 5) is 33.4. The highest BCUT2D eigenvalue weighted by molar-refractivity contribution is 7.20. The average molecular weight is 394 g/mol. The zero-order valence-corrected chi connectivity index (χ0v) is 15.8. The lowest BCUT2D eigenvalue weighted by molar-refractivity contribution is -0.142. The summed E-state index contributed by atoms with van der Waals surface area (Å²) < 4.78 is 4.88. The summed E-state index contributed by atoms with van der Waals surface area (Å²) in [6, 6.07) is 3.98. The Morgan fingerprint density at radius 2 is 1.92 bits per heavy atom. The monoisotopic (exact) mass is 393 g/mol. The van der Waals surface area contributed by atoms with Gasteiger partial charge in [-0.2, -0.15) is 0 Å². The maximum absolute atomic E-state index is 12.1. The lowest BCUT2D eigenvalue weighted by Gasteiger charge is -2.00. The van der Waals surface area contributed by atoms with Crippen LogP contribution >= 0.6 is 34.0 Å². The van der Waals surface area contributed by atoms with Crippen LogP contribution < -0.4 is 5.32 Å². The molecule has 0 aliphatic heterocycles. The molecule has 1 amide bonds. The molecule has 0 spiro atoms. The number of carbonyl (C=O) groups is 2. The number of thiazole rings is 2. The van der Waals surface area contributed by atoms with Gasteiger partial charge in [0.05, 0.1) is 35.7 Å². The van der Waals surface area contributed by atoms with Crippen LogP contribution in [0.25, 0.3) is 9.88 Å². The molecule has 1 N–H and O–H groups in total. The number of rotatable bonds is 7. The Balaban J connectivity index is 1.54. The molecule has 3 aromatic heterocycles. The number of nitrogens with zero attached hydrogens (tertiary/aromatic N) is 2. The van der Waals surface area contributed by atoms with E-state index in [4.69, 9.17) is 4.74 Å². The second-order valence-electron chi connectivity index (χ2n) is 4.97. The molecule has 0 aliphatic rings. The van der Waals surface area contributed by atoms with E-state index < -0.39 is 0 Å². The van der Waals surface area contributed by atoms with Crippen LogP contribution in [0.4, 0.5) is 5.13 Å². The molecular weight excluding hydrogens is 378 g/mol. The van der Waals surface area contributed by atoms with Crippen molar-refractivity contribution in [3.8, 4) is 9.88 Å². The number of ether oxygens (including phenoxy) is 1. The van der Waals surface area contributed by atoms with Crippen LogP contribution in [0, 0.1) is 0 Å². The van der Waals surface area contributed by atoms with Crippen molar-refractivity contribution in [3.63, 3.8) is 0 Å². The molecule has 0 radical (unpaired) electrons. The summed E-state index contributed by atoms with van der Waals surface area (Å²) in [5, 5.41) is 9.77. The fourth-order valence-electron chi connectivity index (χ4n) is 2.04. The van der Waals surface area contributed by atoms with Gasteiger partial charge in [-0.25, -0.2) is 9.97 Å². The van der Waals surface area contributed by atoms with Crippen molar-refractivity contribution in [1.29, 1.82) is 0 Å².